The van der Waals surface area contributed by atoms with E-state index in [0.717, 1.165) is 38.6 Å². The predicted molar refractivity (Wildman–Crippen MR) is 117 cm³/mol. The summed E-state index contributed by atoms with van der Waals surface area (Å²) in [4.78, 5) is 0. The second kappa shape index (κ2) is 18.6. The van der Waals surface area contributed by atoms with E-state index in [1.165, 1.54) is 12.0 Å². The summed E-state index contributed by atoms with van der Waals surface area (Å²) >= 11 is 0. The number of hydrogen-bond acceptors (Lipinski definition) is 5. The van der Waals surface area contributed by atoms with Crippen LogP contribution in [0.3, 0.4) is 0 Å². The Morgan fingerprint density at radius 1 is 0.741 bits per heavy atom. The van der Waals surface area contributed by atoms with E-state index in [1.54, 1.807) is 0 Å². The fourth-order valence-electron chi connectivity index (χ4n) is 2.56. The normalized spacial score (nSPS) is 11.1. The molecule has 1 aromatic carbocycles. The Balaban J connectivity index is 0.00000210. The molecule has 0 spiro atoms. The van der Waals surface area contributed by atoms with Crippen LogP contribution in [0.1, 0.15) is 53.0 Å². The summed E-state index contributed by atoms with van der Waals surface area (Å²) in [5.41, 5.74) is 1.32. The lowest BCUT2D eigenvalue weighted by molar-refractivity contribution is 0.0708. The Kier molecular flexibility index (Phi) is 18.1. The van der Waals surface area contributed by atoms with Crippen molar-refractivity contribution in [3.8, 4) is 0 Å². The molecular formula is C21H42N2O3Si. The van der Waals surface area contributed by atoms with Crippen molar-refractivity contribution in [2.45, 2.75) is 60.0 Å². The Morgan fingerprint density at radius 3 is 1.78 bits per heavy atom. The first kappa shape index (κ1) is 26.2. The molecule has 0 amide bonds. The zero-order chi connectivity index (χ0) is 20.2. The van der Waals surface area contributed by atoms with Gasteiger partial charge in [-0.2, -0.15) is 0 Å². The van der Waals surface area contributed by atoms with Crippen LogP contribution >= 0.6 is 0 Å². The molecule has 0 aliphatic heterocycles. The zero-order valence-corrected chi connectivity index (χ0v) is 19.2. The molecule has 0 saturated carbocycles. The maximum absolute atomic E-state index is 5.86. The first-order chi connectivity index (χ1) is 13.2. The molecule has 2 N–H and O–H groups in total. The highest BCUT2D eigenvalue weighted by Gasteiger charge is 2.39. The largest absolute Gasteiger partial charge is 0.500 e. The second-order valence-corrected chi connectivity index (χ2v) is 8.94. The van der Waals surface area contributed by atoms with E-state index in [2.05, 4.69) is 48.7 Å². The van der Waals surface area contributed by atoms with Crippen LogP contribution in [0.4, 0.5) is 0 Å². The van der Waals surface area contributed by atoms with Crippen LogP contribution in [0.15, 0.2) is 30.3 Å². The van der Waals surface area contributed by atoms with Crippen LogP contribution in [0.2, 0.25) is 6.04 Å². The first-order valence-corrected chi connectivity index (χ1v) is 12.5. The highest BCUT2D eigenvalue weighted by Crippen LogP contribution is 2.17. The van der Waals surface area contributed by atoms with Crippen molar-refractivity contribution in [2.75, 3.05) is 39.5 Å². The van der Waals surface area contributed by atoms with Gasteiger partial charge in [0, 0.05) is 45.5 Å². The lowest BCUT2D eigenvalue weighted by Gasteiger charge is -2.28. The molecule has 0 aliphatic rings. The van der Waals surface area contributed by atoms with Crippen LogP contribution in [0, 0.1) is 0 Å². The number of rotatable bonds is 15. The van der Waals surface area contributed by atoms with Crippen molar-refractivity contribution in [1.29, 1.82) is 0 Å². The summed E-state index contributed by atoms with van der Waals surface area (Å²) < 4.78 is 17.6. The molecule has 27 heavy (non-hydrogen) atoms. The number of hydrogen-bond donors (Lipinski definition) is 2. The van der Waals surface area contributed by atoms with Crippen LogP contribution in [0.5, 0.6) is 0 Å². The van der Waals surface area contributed by atoms with Gasteiger partial charge >= 0.3 is 8.80 Å². The first-order valence-electron chi connectivity index (χ1n) is 10.5. The highest BCUT2D eigenvalue weighted by atomic mass is 28.4. The van der Waals surface area contributed by atoms with Gasteiger partial charge in [-0.3, -0.25) is 0 Å². The molecule has 0 fully saturated rings. The van der Waals surface area contributed by atoms with Gasteiger partial charge in [0.15, 0.2) is 0 Å². The minimum Gasteiger partial charge on any atom is -0.374 e. The quantitative estimate of drug-likeness (QED) is 0.342. The van der Waals surface area contributed by atoms with Gasteiger partial charge in [0.05, 0.1) is 0 Å². The molecule has 0 heterocycles. The lowest BCUT2D eigenvalue weighted by Crippen LogP contribution is -2.46. The predicted octanol–water partition coefficient (Wildman–Crippen LogP) is 4.22. The molecule has 0 radical (unpaired) electrons. The summed E-state index contributed by atoms with van der Waals surface area (Å²) in [7, 11) is -2.47. The summed E-state index contributed by atoms with van der Waals surface area (Å²) in [6.07, 6.45) is 2.25. The molecule has 0 saturated heterocycles. The maximum Gasteiger partial charge on any atom is 0.500 e. The summed E-state index contributed by atoms with van der Waals surface area (Å²) in [5.74, 6) is 0. The molecule has 0 atom stereocenters. The molecular weight excluding hydrogens is 356 g/mol. The van der Waals surface area contributed by atoms with E-state index in [-0.39, 0.29) is 0 Å². The maximum atomic E-state index is 5.86. The lowest BCUT2D eigenvalue weighted by atomic mass is 10.2. The average Bonchev–Trinajstić information content (AvgIpc) is 2.66. The smallest absolute Gasteiger partial charge is 0.374 e. The summed E-state index contributed by atoms with van der Waals surface area (Å²) in [6.45, 7) is 15.9. The van der Waals surface area contributed by atoms with E-state index < -0.39 is 8.80 Å². The molecule has 0 unspecified atom stereocenters. The molecule has 0 bridgehead atoms. The van der Waals surface area contributed by atoms with Crippen LogP contribution in [-0.4, -0.2) is 48.3 Å². The molecule has 158 valence electrons. The van der Waals surface area contributed by atoms with Gasteiger partial charge in [-0.1, -0.05) is 50.6 Å². The van der Waals surface area contributed by atoms with E-state index >= 15 is 0 Å². The third-order valence-corrected chi connectivity index (χ3v) is 6.73. The monoisotopic (exact) mass is 398 g/mol. The topological polar surface area (TPSA) is 51.8 Å². The number of benzene rings is 1. The van der Waals surface area contributed by atoms with Crippen LogP contribution in [0.25, 0.3) is 0 Å². The Hall–Kier alpha value is -0.763. The van der Waals surface area contributed by atoms with Crippen molar-refractivity contribution >= 4 is 8.80 Å². The van der Waals surface area contributed by atoms with Gasteiger partial charge in [-0.15, -0.1) is 0 Å². The third-order valence-electron chi connectivity index (χ3n) is 3.58. The minimum atomic E-state index is -2.47. The van der Waals surface area contributed by atoms with Crippen molar-refractivity contribution < 1.29 is 13.3 Å². The molecule has 6 heteroatoms. The van der Waals surface area contributed by atoms with Gasteiger partial charge < -0.3 is 23.9 Å². The van der Waals surface area contributed by atoms with Gasteiger partial charge in [-0.05, 0) is 39.3 Å². The Bertz CT molecular complexity index is 404. The Labute approximate surface area is 168 Å². The summed E-state index contributed by atoms with van der Waals surface area (Å²) in [6, 6.07) is 11.3. The van der Waals surface area contributed by atoms with Gasteiger partial charge in [0.2, 0.25) is 0 Å². The molecule has 0 aliphatic carbocycles. The van der Waals surface area contributed by atoms with E-state index in [4.69, 9.17) is 13.3 Å². The zero-order valence-electron chi connectivity index (χ0n) is 18.2. The SMILES string of the molecule is CCC.CCO[Si](CCCNCCNCc1ccccc1)(OCC)OCC. The number of nitrogens with one attached hydrogen (secondary N) is 2. The highest BCUT2D eigenvalue weighted by molar-refractivity contribution is 6.60. The van der Waals surface area contributed by atoms with E-state index in [0.29, 0.717) is 19.8 Å². The summed E-state index contributed by atoms with van der Waals surface area (Å²) in [5, 5.41) is 6.91. The van der Waals surface area contributed by atoms with Gasteiger partial charge in [0.1, 0.15) is 0 Å². The van der Waals surface area contributed by atoms with E-state index in [9.17, 15) is 0 Å². The molecule has 1 aromatic rings. The van der Waals surface area contributed by atoms with Crippen molar-refractivity contribution in [3.05, 3.63) is 35.9 Å². The van der Waals surface area contributed by atoms with Gasteiger partial charge in [-0.25, -0.2) is 0 Å². The van der Waals surface area contributed by atoms with Crippen molar-refractivity contribution in [2.24, 2.45) is 0 Å². The van der Waals surface area contributed by atoms with Crippen molar-refractivity contribution in [1.82, 2.24) is 10.6 Å². The molecule has 1 rings (SSSR count). The standard InChI is InChI=1S/C18H34N2O3Si.C3H8/c1-4-21-24(22-5-2,23-6-3)16-10-13-19-14-15-20-17-18-11-8-7-9-12-18;1-3-2/h7-9,11-12,19-20H,4-6,10,13-17H2,1-3H3;3H2,1-2H3. The second-order valence-electron chi connectivity index (χ2n) is 6.21. The molecule has 0 aromatic heterocycles. The van der Waals surface area contributed by atoms with Crippen molar-refractivity contribution in [3.63, 3.8) is 0 Å². The fraction of sp³-hybridized carbons (Fsp3) is 0.714. The van der Waals surface area contributed by atoms with Crippen LogP contribution < -0.4 is 10.6 Å². The van der Waals surface area contributed by atoms with Gasteiger partial charge in [0.25, 0.3) is 0 Å². The van der Waals surface area contributed by atoms with Crippen LogP contribution in [-0.2, 0) is 19.8 Å². The minimum absolute atomic E-state index is 0.642. The third kappa shape index (κ3) is 14.0. The van der Waals surface area contributed by atoms with E-state index in [1.807, 2.05) is 26.8 Å². The molecule has 5 nitrogen and oxygen atoms in total. The average molecular weight is 399 g/mol. The Morgan fingerprint density at radius 2 is 1.26 bits per heavy atom. The fourth-order valence-corrected chi connectivity index (χ4v) is 5.17.